The monoisotopic (exact) mass is 313 g/mol. The molecule has 0 aromatic heterocycles. The van der Waals surface area contributed by atoms with Crippen molar-refractivity contribution < 1.29 is 19.0 Å². The number of benzene rings is 2. The van der Waals surface area contributed by atoms with Crippen molar-refractivity contribution in [1.29, 1.82) is 0 Å². The summed E-state index contributed by atoms with van der Waals surface area (Å²) in [6.07, 6.45) is 0. The maximum atomic E-state index is 12.1. The number of amides is 1. The summed E-state index contributed by atoms with van der Waals surface area (Å²) in [5.41, 5.74) is 2.76. The predicted molar refractivity (Wildman–Crippen MR) is 87.5 cm³/mol. The highest BCUT2D eigenvalue weighted by Crippen LogP contribution is 2.35. The highest BCUT2D eigenvalue weighted by atomic mass is 16.6. The van der Waals surface area contributed by atoms with Gasteiger partial charge in [-0.25, -0.2) is 0 Å². The van der Waals surface area contributed by atoms with Crippen molar-refractivity contribution in [3.05, 3.63) is 47.5 Å². The zero-order chi connectivity index (χ0) is 16.2. The molecule has 1 heterocycles. The van der Waals surface area contributed by atoms with E-state index in [4.69, 9.17) is 14.2 Å². The third-order valence-electron chi connectivity index (χ3n) is 3.55. The van der Waals surface area contributed by atoms with E-state index in [0.717, 1.165) is 11.1 Å². The maximum Gasteiger partial charge on any atom is 0.262 e. The van der Waals surface area contributed by atoms with E-state index in [1.807, 2.05) is 44.2 Å². The summed E-state index contributed by atoms with van der Waals surface area (Å²) in [7, 11) is 0. The van der Waals surface area contributed by atoms with Gasteiger partial charge < -0.3 is 19.5 Å². The zero-order valence-corrected chi connectivity index (χ0v) is 13.2. The number of carbonyl (C=O) groups excluding carboxylic acids is 1. The van der Waals surface area contributed by atoms with Crippen molar-refractivity contribution in [3.8, 4) is 17.2 Å². The van der Waals surface area contributed by atoms with Crippen LogP contribution >= 0.6 is 0 Å². The largest absolute Gasteiger partial charge is 0.486 e. The summed E-state index contributed by atoms with van der Waals surface area (Å²) in [6.45, 7) is 4.93. The molecular formula is C18H19NO4. The van der Waals surface area contributed by atoms with Crippen LogP contribution in [0.1, 0.15) is 11.1 Å². The second-order valence-electron chi connectivity index (χ2n) is 5.46. The fourth-order valence-electron chi connectivity index (χ4n) is 2.29. The maximum absolute atomic E-state index is 12.1. The van der Waals surface area contributed by atoms with Gasteiger partial charge in [0.2, 0.25) is 0 Å². The van der Waals surface area contributed by atoms with Gasteiger partial charge in [0.15, 0.2) is 18.1 Å². The molecule has 0 atom stereocenters. The number of carbonyl (C=O) groups is 1. The van der Waals surface area contributed by atoms with Crippen molar-refractivity contribution in [3.63, 3.8) is 0 Å². The van der Waals surface area contributed by atoms with Crippen LogP contribution < -0.4 is 19.5 Å². The molecule has 0 fully saturated rings. The van der Waals surface area contributed by atoms with Gasteiger partial charge in [-0.05, 0) is 37.6 Å². The predicted octanol–water partition coefficient (Wildman–Crippen LogP) is 3.09. The highest BCUT2D eigenvalue weighted by Gasteiger charge is 2.15. The summed E-state index contributed by atoms with van der Waals surface area (Å²) in [6, 6.07) is 11.2. The lowest BCUT2D eigenvalue weighted by Crippen LogP contribution is -2.21. The Morgan fingerprint density at radius 3 is 2.43 bits per heavy atom. The minimum atomic E-state index is -0.217. The van der Waals surface area contributed by atoms with Crippen LogP contribution in [0.25, 0.3) is 0 Å². The van der Waals surface area contributed by atoms with Crippen molar-refractivity contribution in [1.82, 2.24) is 0 Å². The van der Waals surface area contributed by atoms with E-state index in [0.29, 0.717) is 36.1 Å². The van der Waals surface area contributed by atoms with Gasteiger partial charge in [0.1, 0.15) is 19.0 Å². The molecule has 23 heavy (non-hydrogen) atoms. The molecule has 2 aromatic rings. The summed E-state index contributed by atoms with van der Waals surface area (Å²) in [5, 5.41) is 2.84. The molecule has 0 saturated carbocycles. The standard InChI is InChI=1S/C18H19NO4/c1-12-3-5-14(6-4-12)23-11-18(20)19-15-10-17-16(9-13(15)2)21-7-8-22-17/h3-6,9-10H,7-8,11H2,1-2H3,(H,19,20). The molecule has 0 bridgehead atoms. The molecule has 0 saturated heterocycles. The topological polar surface area (TPSA) is 56.8 Å². The number of fused-ring (bicyclic) bond motifs is 1. The first-order chi connectivity index (χ1) is 11.1. The number of anilines is 1. The minimum absolute atomic E-state index is 0.0447. The fourth-order valence-corrected chi connectivity index (χ4v) is 2.29. The number of aryl methyl sites for hydroxylation is 2. The van der Waals surface area contributed by atoms with E-state index in [9.17, 15) is 4.79 Å². The lowest BCUT2D eigenvalue weighted by Gasteiger charge is -2.20. The van der Waals surface area contributed by atoms with E-state index < -0.39 is 0 Å². The normalized spacial score (nSPS) is 12.6. The zero-order valence-electron chi connectivity index (χ0n) is 13.2. The van der Waals surface area contributed by atoms with E-state index in [1.54, 1.807) is 6.07 Å². The molecule has 1 aliphatic heterocycles. The molecular weight excluding hydrogens is 294 g/mol. The third-order valence-corrected chi connectivity index (χ3v) is 3.55. The van der Waals surface area contributed by atoms with Crippen LogP contribution in [0, 0.1) is 13.8 Å². The smallest absolute Gasteiger partial charge is 0.262 e. The van der Waals surface area contributed by atoms with Crippen LogP contribution in [0.3, 0.4) is 0 Å². The van der Waals surface area contributed by atoms with Gasteiger partial charge >= 0.3 is 0 Å². The molecule has 2 aromatic carbocycles. The fraction of sp³-hybridized carbons (Fsp3) is 0.278. The highest BCUT2D eigenvalue weighted by molar-refractivity contribution is 5.93. The summed E-state index contributed by atoms with van der Waals surface area (Å²) in [5.74, 6) is 1.81. The second-order valence-corrected chi connectivity index (χ2v) is 5.46. The number of hydrogen-bond acceptors (Lipinski definition) is 4. The molecule has 1 N–H and O–H groups in total. The molecule has 0 aliphatic carbocycles. The van der Waals surface area contributed by atoms with Gasteiger partial charge in [-0.15, -0.1) is 0 Å². The van der Waals surface area contributed by atoms with Gasteiger partial charge in [-0.2, -0.15) is 0 Å². The average molecular weight is 313 g/mol. The Kier molecular flexibility index (Phi) is 4.37. The van der Waals surface area contributed by atoms with Crippen LogP contribution in [0.5, 0.6) is 17.2 Å². The van der Waals surface area contributed by atoms with Crippen LogP contribution in [0.15, 0.2) is 36.4 Å². The molecule has 5 nitrogen and oxygen atoms in total. The Morgan fingerprint density at radius 1 is 1.09 bits per heavy atom. The van der Waals surface area contributed by atoms with Gasteiger partial charge in [-0.3, -0.25) is 4.79 Å². The van der Waals surface area contributed by atoms with Crippen LogP contribution in [-0.2, 0) is 4.79 Å². The molecule has 3 rings (SSSR count). The Bertz CT molecular complexity index is 710. The van der Waals surface area contributed by atoms with Crippen molar-refractivity contribution in [2.75, 3.05) is 25.1 Å². The SMILES string of the molecule is Cc1ccc(OCC(=O)Nc2cc3c(cc2C)OCCO3)cc1. The summed E-state index contributed by atoms with van der Waals surface area (Å²) in [4.78, 5) is 12.1. The third kappa shape index (κ3) is 3.74. The van der Waals surface area contributed by atoms with Crippen molar-refractivity contribution >= 4 is 11.6 Å². The molecule has 0 unspecified atom stereocenters. The molecule has 0 spiro atoms. The lowest BCUT2D eigenvalue weighted by molar-refractivity contribution is -0.118. The molecule has 0 radical (unpaired) electrons. The molecule has 5 heteroatoms. The number of rotatable bonds is 4. The van der Waals surface area contributed by atoms with Crippen molar-refractivity contribution in [2.24, 2.45) is 0 Å². The van der Waals surface area contributed by atoms with Gasteiger partial charge in [0.25, 0.3) is 5.91 Å². The minimum Gasteiger partial charge on any atom is -0.486 e. The Labute approximate surface area is 135 Å². The molecule has 1 aliphatic rings. The van der Waals surface area contributed by atoms with Gasteiger partial charge in [0, 0.05) is 11.8 Å². The van der Waals surface area contributed by atoms with E-state index in [1.165, 1.54) is 0 Å². The van der Waals surface area contributed by atoms with Crippen LogP contribution in [-0.4, -0.2) is 25.7 Å². The number of hydrogen-bond donors (Lipinski definition) is 1. The summed E-state index contributed by atoms with van der Waals surface area (Å²) < 4.78 is 16.5. The summed E-state index contributed by atoms with van der Waals surface area (Å²) >= 11 is 0. The second kappa shape index (κ2) is 6.60. The van der Waals surface area contributed by atoms with Crippen LogP contribution in [0.4, 0.5) is 5.69 Å². The first kappa shape index (κ1) is 15.2. The van der Waals surface area contributed by atoms with Gasteiger partial charge in [-0.1, -0.05) is 17.7 Å². The number of ether oxygens (including phenoxy) is 3. The Balaban J connectivity index is 1.62. The lowest BCUT2D eigenvalue weighted by atomic mass is 10.1. The Morgan fingerprint density at radius 2 is 1.74 bits per heavy atom. The Hall–Kier alpha value is -2.69. The van der Waals surface area contributed by atoms with E-state index >= 15 is 0 Å². The van der Waals surface area contributed by atoms with Crippen molar-refractivity contribution in [2.45, 2.75) is 13.8 Å². The van der Waals surface area contributed by atoms with Gasteiger partial charge in [0.05, 0.1) is 0 Å². The van der Waals surface area contributed by atoms with E-state index in [2.05, 4.69) is 5.32 Å². The molecule has 1 amide bonds. The number of nitrogens with one attached hydrogen (secondary N) is 1. The van der Waals surface area contributed by atoms with E-state index in [-0.39, 0.29) is 12.5 Å². The van der Waals surface area contributed by atoms with Crippen LogP contribution in [0.2, 0.25) is 0 Å². The molecule has 120 valence electrons. The first-order valence-corrected chi connectivity index (χ1v) is 7.51. The average Bonchev–Trinajstić information content (AvgIpc) is 2.55. The quantitative estimate of drug-likeness (QED) is 0.942. The first-order valence-electron chi connectivity index (χ1n) is 7.51.